The summed E-state index contributed by atoms with van der Waals surface area (Å²) in [7, 11) is 0. The van der Waals surface area contributed by atoms with Crippen LogP contribution in [0.2, 0.25) is 5.02 Å². The van der Waals surface area contributed by atoms with Crippen molar-refractivity contribution >= 4 is 23.2 Å². The molecule has 0 bridgehead atoms. The molecule has 4 nitrogen and oxygen atoms in total. The van der Waals surface area contributed by atoms with E-state index in [-0.39, 0.29) is 16.8 Å². The van der Waals surface area contributed by atoms with Crippen LogP contribution in [0, 0.1) is 11.7 Å². The topological polar surface area (TPSA) is 52.9 Å². The van der Waals surface area contributed by atoms with E-state index in [9.17, 15) is 9.18 Å². The number of nitrogens with zero attached hydrogens (tertiary/aromatic N) is 2. The highest BCUT2D eigenvalue weighted by Crippen LogP contribution is 2.21. The van der Waals surface area contributed by atoms with Gasteiger partial charge in [-0.3, -0.25) is 4.79 Å². The van der Waals surface area contributed by atoms with Crippen LogP contribution in [0.25, 0.3) is 0 Å². The molecule has 1 fully saturated rings. The average Bonchev–Trinajstić information content (AvgIpc) is 2.48. The zero-order valence-corrected chi connectivity index (χ0v) is 11.9. The van der Waals surface area contributed by atoms with Crippen molar-refractivity contribution in [3.63, 3.8) is 0 Å². The van der Waals surface area contributed by atoms with Gasteiger partial charge in [-0.15, -0.1) is 0 Å². The van der Waals surface area contributed by atoms with Crippen LogP contribution in [-0.2, 0) is 0 Å². The molecule has 108 valence electrons. The molecule has 1 N–H and O–H groups in total. The SMILES string of the molecule is CCC1CN(C(=O)c2ccc(F)c(Cl)c2)CC/C1=N\O. The molecule has 1 atom stereocenters. The maximum absolute atomic E-state index is 13.1. The summed E-state index contributed by atoms with van der Waals surface area (Å²) in [5.41, 5.74) is 1.10. The van der Waals surface area contributed by atoms with E-state index >= 15 is 0 Å². The number of likely N-dealkylation sites (tertiary alicyclic amines) is 1. The molecular formula is C14H16ClFN2O2. The number of carbonyl (C=O) groups excluding carboxylic acids is 1. The van der Waals surface area contributed by atoms with Gasteiger partial charge in [-0.1, -0.05) is 23.7 Å². The Morgan fingerprint density at radius 2 is 2.35 bits per heavy atom. The van der Waals surface area contributed by atoms with Gasteiger partial charge < -0.3 is 10.1 Å². The van der Waals surface area contributed by atoms with E-state index in [1.165, 1.54) is 18.2 Å². The maximum atomic E-state index is 13.1. The molecule has 1 amide bonds. The highest BCUT2D eigenvalue weighted by Gasteiger charge is 2.28. The van der Waals surface area contributed by atoms with Gasteiger partial charge in [0, 0.05) is 31.0 Å². The summed E-state index contributed by atoms with van der Waals surface area (Å²) in [4.78, 5) is 14.0. The molecular weight excluding hydrogens is 283 g/mol. The number of hydrogen-bond donors (Lipinski definition) is 1. The van der Waals surface area contributed by atoms with Gasteiger partial charge in [-0.25, -0.2) is 4.39 Å². The average molecular weight is 299 g/mol. The van der Waals surface area contributed by atoms with Crippen molar-refractivity contribution in [1.82, 2.24) is 4.90 Å². The lowest BCUT2D eigenvalue weighted by molar-refractivity contribution is 0.0729. The Morgan fingerprint density at radius 1 is 1.60 bits per heavy atom. The fourth-order valence-electron chi connectivity index (χ4n) is 2.41. The summed E-state index contributed by atoms with van der Waals surface area (Å²) >= 11 is 5.70. The zero-order valence-electron chi connectivity index (χ0n) is 11.1. The lowest BCUT2D eigenvalue weighted by Crippen LogP contribution is -2.44. The molecule has 2 rings (SSSR count). The Labute approximate surface area is 121 Å². The van der Waals surface area contributed by atoms with E-state index in [1.807, 2.05) is 6.92 Å². The second-order valence-electron chi connectivity index (χ2n) is 4.83. The molecule has 20 heavy (non-hydrogen) atoms. The lowest BCUT2D eigenvalue weighted by atomic mass is 9.93. The van der Waals surface area contributed by atoms with E-state index in [0.29, 0.717) is 25.1 Å². The molecule has 1 saturated heterocycles. The van der Waals surface area contributed by atoms with Crippen LogP contribution in [-0.4, -0.2) is 34.8 Å². The Bertz CT molecular complexity index is 548. The van der Waals surface area contributed by atoms with Gasteiger partial charge >= 0.3 is 0 Å². The van der Waals surface area contributed by atoms with Crippen molar-refractivity contribution in [2.24, 2.45) is 11.1 Å². The second kappa shape index (κ2) is 6.22. The summed E-state index contributed by atoms with van der Waals surface area (Å²) in [6, 6.07) is 3.97. The van der Waals surface area contributed by atoms with Gasteiger partial charge in [0.25, 0.3) is 5.91 Å². The van der Waals surface area contributed by atoms with E-state index in [4.69, 9.17) is 16.8 Å². The number of benzene rings is 1. The van der Waals surface area contributed by atoms with Crippen molar-refractivity contribution in [1.29, 1.82) is 0 Å². The van der Waals surface area contributed by atoms with Crippen LogP contribution in [0.1, 0.15) is 30.1 Å². The van der Waals surface area contributed by atoms with Gasteiger partial charge in [0.2, 0.25) is 0 Å². The van der Waals surface area contributed by atoms with Crippen molar-refractivity contribution < 1.29 is 14.4 Å². The molecule has 0 aromatic heterocycles. The van der Waals surface area contributed by atoms with Crippen LogP contribution in [0.3, 0.4) is 0 Å². The number of rotatable bonds is 2. The number of piperidine rings is 1. The predicted molar refractivity (Wildman–Crippen MR) is 74.9 cm³/mol. The summed E-state index contributed by atoms with van der Waals surface area (Å²) in [6.45, 7) is 2.98. The summed E-state index contributed by atoms with van der Waals surface area (Å²) in [5, 5.41) is 12.2. The molecule has 1 aromatic carbocycles. The normalized spacial score (nSPS) is 21.2. The molecule has 1 aliphatic rings. The van der Waals surface area contributed by atoms with E-state index in [2.05, 4.69) is 5.16 Å². The molecule has 1 aliphatic heterocycles. The molecule has 0 saturated carbocycles. The number of halogens is 2. The second-order valence-corrected chi connectivity index (χ2v) is 5.23. The third kappa shape index (κ3) is 2.93. The van der Waals surface area contributed by atoms with Crippen LogP contribution < -0.4 is 0 Å². The van der Waals surface area contributed by atoms with E-state index in [0.717, 1.165) is 12.1 Å². The minimum atomic E-state index is -0.539. The predicted octanol–water partition coefficient (Wildman–Crippen LogP) is 3.18. The number of oxime groups is 1. The van der Waals surface area contributed by atoms with E-state index in [1.54, 1.807) is 4.90 Å². The Hall–Kier alpha value is -1.62. The molecule has 0 radical (unpaired) electrons. The molecule has 6 heteroatoms. The molecule has 1 aromatic rings. The number of hydrogen-bond acceptors (Lipinski definition) is 3. The van der Waals surface area contributed by atoms with Crippen LogP contribution >= 0.6 is 11.6 Å². The van der Waals surface area contributed by atoms with Gasteiger partial charge in [-0.2, -0.15) is 0 Å². The first-order chi connectivity index (χ1) is 9.56. The fraction of sp³-hybridized carbons (Fsp3) is 0.429. The van der Waals surface area contributed by atoms with Crippen molar-refractivity contribution in [2.45, 2.75) is 19.8 Å². The third-order valence-electron chi connectivity index (χ3n) is 3.62. The monoisotopic (exact) mass is 298 g/mol. The van der Waals surface area contributed by atoms with Gasteiger partial charge in [0.05, 0.1) is 10.7 Å². The summed E-state index contributed by atoms with van der Waals surface area (Å²) < 4.78 is 13.1. The Kier molecular flexibility index (Phi) is 4.60. The highest BCUT2D eigenvalue weighted by molar-refractivity contribution is 6.31. The smallest absolute Gasteiger partial charge is 0.253 e. The van der Waals surface area contributed by atoms with Crippen LogP contribution in [0.15, 0.2) is 23.4 Å². The Balaban J connectivity index is 2.15. The van der Waals surface area contributed by atoms with Crippen LogP contribution in [0.4, 0.5) is 4.39 Å². The summed E-state index contributed by atoms with van der Waals surface area (Å²) in [6.07, 6.45) is 1.35. The third-order valence-corrected chi connectivity index (χ3v) is 3.91. The van der Waals surface area contributed by atoms with Crippen LogP contribution in [0.5, 0.6) is 0 Å². The molecule has 0 spiro atoms. The van der Waals surface area contributed by atoms with Gasteiger partial charge in [-0.05, 0) is 24.6 Å². The first-order valence-electron chi connectivity index (χ1n) is 6.52. The van der Waals surface area contributed by atoms with Crippen molar-refractivity contribution in [3.8, 4) is 0 Å². The largest absolute Gasteiger partial charge is 0.411 e. The standard InChI is InChI=1S/C14H16ClFN2O2/c1-2-9-8-18(6-5-13(9)17-20)14(19)10-3-4-12(16)11(15)7-10/h3-4,7,9,20H,2,5-6,8H2,1H3/b17-13+. The Morgan fingerprint density at radius 3 is 2.95 bits per heavy atom. The zero-order chi connectivity index (χ0) is 14.7. The van der Waals surface area contributed by atoms with Gasteiger partial charge in [0.15, 0.2) is 0 Å². The highest BCUT2D eigenvalue weighted by atomic mass is 35.5. The molecule has 0 aliphatic carbocycles. The quantitative estimate of drug-likeness (QED) is 0.673. The van der Waals surface area contributed by atoms with Crippen molar-refractivity contribution in [2.75, 3.05) is 13.1 Å². The minimum Gasteiger partial charge on any atom is -0.411 e. The number of amides is 1. The molecule has 1 heterocycles. The van der Waals surface area contributed by atoms with E-state index < -0.39 is 5.82 Å². The molecule has 1 unspecified atom stereocenters. The lowest BCUT2D eigenvalue weighted by Gasteiger charge is -2.32. The summed E-state index contributed by atoms with van der Waals surface area (Å²) in [5.74, 6) is -0.654. The fourth-order valence-corrected chi connectivity index (χ4v) is 2.59. The number of carbonyl (C=O) groups is 1. The van der Waals surface area contributed by atoms with Gasteiger partial charge in [0.1, 0.15) is 5.82 Å². The maximum Gasteiger partial charge on any atom is 0.253 e. The van der Waals surface area contributed by atoms with Crippen molar-refractivity contribution in [3.05, 3.63) is 34.6 Å². The first kappa shape index (κ1) is 14.8. The first-order valence-corrected chi connectivity index (χ1v) is 6.89. The minimum absolute atomic E-state index is 0.0579.